The average molecular weight is 309 g/mol. The summed E-state index contributed by atoms with van der Waals surface area (Å²) in [5.74, 6) is -1.73. The molecule has 0 aliphatic carbocycles. The molecule has 1 heterocycles. The summed E-state index contributed by atoms with van der Waals surface area (Å²) in [5, 5.41) is 16.7. The molecule has 0 unspecified atom stereocenters. The molecule has 3 aromatic rings. The second kappa shape index (κ2) is 6.23. The Kier molecular flexibility index (Phi) is 3.97. The Morgan fingerprint density at radius 3 is 2.43 bits per heavy atom. The Bertz CT molecular complexity index is 873. The molecule has 3 rings (SSSR count). The predicted octanol–water partition coefficient (Wildman–Crippen LogP) is 3.28. The van der Waals surface area contributed by atoms with Gasteiger partial charge in [0.2, 0.25) is 0 Å². The van der Waals surface area contributed by atoms with Gasteiger partial charge in [0.1, 0.15) is 17.2 Å². The van der Waals surface area contributed by atoms with E-state index < -0.39 is 11.8 Å². The first-order valence-corrected chi connectivity index (χ1v) is 6.84. The van der Waals surface area contributed by atoms with Gasteiger partial charge < -0.3 is 5.11 Å². The van der Waals surface area contributed by atoms with Crippen molar-refractivity contribution in [1.29, 1.82) is 0 Å². The highest BCUT2D eigenvalue weighted by molar-refractivity contribution is 5.90. The lowest BCUT2D eigenvalue weighted by Gasteiger charge is -2.04. The third-order valence-electron chi connectivity index (χ3n) is 3.22. The van der Waals surface area contributed by atoms with E-state index in [0.29, 0.717) is 0 Å². The molecule has 114 valence electrons. The largest absolute Gasteiger partial charge is 0.476 e. The number of aromatic carboxylic acids is 1. The molecule has 1 N–H and O–H groups in total. The monoisotopic (exact) mass is 309 g/mol. The second-order valence-electron chi connectivity index (χ2n) is 4.74. The summed E-state index contributed by atoms with van der Waals surface area (Å²) < 4.78 is 15.1. The van der Waals surface area contributed by atoms with Crippen molar-refractivity contribution in [3.63, 3.8) is 0 Å². The van der Waals surface area contributed by atoms with Gasteiger partial charge in [0, 0.05) is 0 Å². The Morgan fingerprint density at radius 2 is 1.74 bits per heavy atom. The number of para-hydroxylation sites is 1. The smallest absolute Gasteiger partial charge is 0.358 e. The molecule has 0 spiro atoms. The molecule has 6 heteroatoms. The summed E-state index contributed by atoms with van der Waals surface area (Å²) in [6.45, 7) is 0. The van der Waals surface area contributed by atoms with E-state index in [1.807, 2.05) is 30.3 Å². The maximum absolute atomic E-state index is 14.0. The van der Waals surface area contributed by atoms with Crippen LogP contribution in [0.3, 0.4) is 0 Å². The summed E-state index contributed by atoms with van der Waals surface area (Å²) >= 11 is 0. The van der Waals surface area contributed by atoms with Crippen molar-refractivity contribution in [1.82, 2.24) is 15.0 Å². The van der Waals surface area contributed by atoms with E-state index >= 15 is 0 Å². The van der Waals surface area contributed by atoms with Gasteiger partial charge in [0.05, 0.1) is 0 Å². The normalized spacial score (nSPS) is 11.0. The number of carboxylic acids is 1. The van der Waals surface area contributed by atoms with Crippen LogP contribution in [0.5, 0.6) is 0 Å². The summed E-state index contributed by atoms with van der Waals surface area (Å²) in [7, 11) is 0. The SMILES string of the molecule is O=C(O)c1nnn(-c2ccccc2F)c1/C=C/c1ccccc1. The second-order valence-corrected chi connectivity index (χ2v) is 4.74. The van der Waals surface area contributed by atoms with Gasteiger partial charge in [0.15, 0.2) is 5.69 Å². The Labute approximate surface area is 131 Å². The molecule has 0 aliphatic heterocycles. The molecule has 0 atom stereocenters. The topological polar surface area (TPSA) is 68.0 Å². The van der Waals surface area contributed by atoms with E-state index in [9.17, 15) is 14.3 Å². The van der Waals surface area contributed by atoms with E-state index in [4.69, 9.17) is 0 Å². The number of halogens is 1. The molecular weight excluding hydrogens is 297 g/mol. The lowest BCUT2D eigenvalue weighted by atomic mass is 10.2. The van der Waals surface area contributed by atoms with Gasteiger partial charge in [-0.2, -0.15) is 0 Å². The van der Waals surface area contributed by atoms with E-state index in [1.54, 1.807) is 24.3 Å². The zero-order valence-electron chi connectivity index (χ0n) is 11.9. The first-order chi connectivity index (χ1) is 11.2. The van der Waals surface area contributed by atoms with E-state index in [-0.39, 0.29) is 17.1 Å². The van der Waals surface area contributed by atoms with Crippen LogP contribution in [0.1, 0.15) is 21.7 Å². The summed E-state index contributed by atoms with van der Waals surface area (Å²) in [6.07, 6.45) is 3.29. The van der Waals surface area contributed by atoms with E-state index in [0.717, 1.165) is 5.56 Å². The number of hydrogen-bond acceptors (Lipinski definition) is 3. The number of nitrogens with zero attached hydrogens (tertiary/aromatic N) is 3. The van der Waals surface area contributed by atoms with Crippen molar-refractivity contribution < 1.29 is 14.3 Å². The molecular formula is C17H12FN3O2. The number of carbonyl (C=O) groups is 1. The maximum Gasteiger partial charge on any atom is 0.358 e. The molecule has 0 aliphatic rings. The number of hydrogen-bond donors (Lipinski definition) is 1. The van der Waals surface area contributed by atoms with Crippen LogP contribution in [-0.4, -0.2) is 26.1 Å². The van der Waals surface area contributed by atoms with Gasteiger partial charge in [-0.15, -0.1) is 5.10 Å². The maximum atomic E-state index is 14.0. The fourth-order valence-electron chi connectivity index (χ4n) is 2.13. The van der Waals surface area contributed by atoms with Crippen molar-refractivity contribution in [3.8, 4) is 5.69 Å². The number of aromatic nitrogens is 3. The molecule has 0 bridgehead atoms. The lowest BCUT2D eigenvalue weighted by molar-refractivity contribution is 0.0690. The Balaban J connectivity index is 2.10. The van der Waals surface area contributed by atoms with Crippen molar-refractivity contribution in [2.24, 2.45) is 0 Å². The predicted molar refractivity (Wildman–Crippen MR) is 83.6 cm³/mol. The molecule has 2 aromatic carbocycles. The highest BCUT2D eigenvalue weighted by Gasteiger charge is 2.19. The third kappa shape index (κ3) is 3.01. The molecule has 5 nitrogen and oxygen atoms in total. The highest BCUT2D eigenvalue weighted by atomic mass is 19.1. The highest BCUT2D eigenvalue weighted by Crippen LogP contribution is 2.18. The quantitative estimate of drug-likeness (QED) is 0.803. The minimum Gasteiger partial charge on any atom is -0.476 e. The van der Waals surface area contributed by atoms with E-state index in [1.165, 1.54) is 16.8 Å². The minimum atomic E-state index is -1.22. The van der Waals surface area contributed by atoms with Gasteiger partial charge in [-0.25, -0.2) is 13.9 Å². The van der Waals surface area contributed by atoms with Gasteiger partial charge in [0.25, 0.3) is 0 Å². The Hall–Kier alpha value is -3.28. The van der Waals surface area contributed by atoms with Crippen molar-refractivity contribution >= 4 is 18.1 Å². The molecule has 23 heavy (non-hydrogen) atoms. The zero-order valence-corrected chi connectivity index (χ0v) is 11.9. The standard InChI is InChI=1S/C17H12FN3O2/c18-13-8-4-5-9-14(13)21-15(16(17(22)23)19-20-21)11-10-12-6-2-1-3-7-12/h1-11H,(H,22,23)/b11-10+. The van der Waals surface area contributed by atoms with Crippen LogP contribution in [-0.2, 0) is 0 Å². The van der Waals surface area contributed by atoms with Crippen LogP contribution < -0.4 is 0 Å². The average Bonchev–Trinajstić information content (AvgIpc) is 2.98. The summed E-state index contributed by atoms with van der Waals surface area (Å²) in [5.41, 5.74) is 0.984. The van der Waals surface area contributed by atoms with Crippen LogP contribution >= 0.6 is 0 Å². The molecule has 0 saturated heterocycles. The van der Waals surface area contributed by atoms with Crippen LogP contribution in [0.2, 0.25) is 0 Å². The molecule has 0 saturated carbocycles. The van der Waals surface area contributed by atoms with Crippen molar-refractivity contribution in [3.05, 3.63) is 77.4 Å². The first kappa shape index (κ1) is 14.6. The lowest BCUT2D eigenvalue weighted by Crippen LogP contribution is -2.04. The Morgan fingerprint density at radius 1 is 1.04 bits per heavy atom. The van der Waals surface area contributed by atoms with Crippen LogP contribution in [0, 0.1) is 5.82 Å². The molecule has 0 amide bonds. The van der Waals surface area contributed by atoms with Gasteiger partial charge >= 0.3 is 5.97 Å². The molecule has 1 aromatic heterocycles. The zero-order chi connectivity index (χ0) is 16.2. The van der Waals surface area contributed by atoms with E-state index in [2.05, 4.69) is 10.3 Å². The van der Waals surface area contributed by atoms with Gasteiger partial charge in [-0.1, -0.05) is 53.8 Å². The summed E-state index contributed by atoms with van der Waals surface area (Å²) in [4.78, 5) is 11.3. The minimum absolute atomic E-state index is 0.139. The molecule has 0 fully saturated rings. The fourth-order valence-corrected chi connectivity index (χ4v) is 2.13. The number of benzene rings is 2. The van der Waals surface area contributed by atoms with Crippen LogP contribution in [0.4, 0.5) is 4.39 Å². The van der Waals surface area contributed by atoms with Crippen molar-refractivity contribution in [2.45, 2.75) is 0 Å². The first-order valence-electron chi connectivity index (χ1n) is 6.84. The van der Waals surface area contributed by atoms with Crippen LogP contribution in [0.15, 0.2) is 54.6 Å². The summed E-state index contributed by atoms with van der Waals surface area (Å²) in [6, 6.07) is 15.3. The van der Waals surface area contributed by atoms with Crippen molar-refractivity contribution in [2.75, 3.05) is 0 Å². The number of carboxylic acid groups (broad SMARTS) is 1. The third-order valence-corrected chi connectivity index (χ3v) is 3.22. The fraction of sp³-hybridized carbons (Fsp3) is 0. The molecule has 0 radical (unpaired) electrons. The van der Waals surface area contributed by atoms with Gasteiger partial charge in [-0.3, -0.25) is 0 Å². The number of rotatable bonds is 4. The van der Waals surface area contributed by atoms with Crippen LogP contribution in [0.25, 0.3) is 17.8 Å². The van der Waals surface area contributed by atoms with Gasteiger partial charge in [-0.05, 0) is 23.8 Å².